The van der Waals surface area contributed by atoms with Gasteiger partial charge in [0.2, 0.25) is 0 Å². The van der Waals surface area contributed by atoms with Crippen LogP contribution in [0.3, 0.4) is 0 Å². The van der Waals surface area contributed by atoms with Crippen LogP contribution in [-0.4, -0.2) is 6.54 Å². The lowest BCUT2D eigenvalue weighted by molar-refractivity contribution is 0.152. The summed E-state index contributed by atoms with van der Waals surface area (Å²) in [6.07, 6.45) is -2.67. The number of nitrogen functional groups attached to an aromatic ring is 1. The molecule has 2 N–H and O–H groups in total. The van der Waals surface area contributed by atoms with Crippen LogP contribution < -0.4 is 10.6 Å². The summed E-state index contributed by atoms with van der Waals surface area (Å²) in [6.45, 7) is 2.14. The highest BCUT2D eigenvalue weighted by Gasteiger charge is 2.20. The lowest BCUT2D eigenvalue weighted by Crippen LogP contribution is -2.19. The maximum atomic E-state index is 13.9. The third kappa shape index (κ3) is 2.71. The Morgan fingerprint density at radius 3 is 2.40 bits per heavy atom. The van der Waals surface area contributed by atoms with Crippen molar-refractivity contribution in [1.29, 1.82) is 0 Å². The monoisotopic (exact) mass is 280 g/mol. The maximum Gasteiger partial charge on any atom is 0.265 e. The number of para-hydroxylation sites is 1. The van der Waals surface area contributed by atoms with Gasteiger partial charge in [0, 0.05) is 17.8 Å². The predicted octanol–water partition coefficient (Wildman–Crippen LogP) is 4.50. The highest BCUT2D eigenvalue weighted by Crippen LogP contribution is 2.36. The van der Waals surface area contributed by atoms with Crippen molar-refractivity contribution in [1.82, 2.24) is 0 Å². The predicted molar refractivity (Wildman–Crippen MR) is 74.9 cm³/mol. The Morgan fingerprint density at radius 2 is 1.80 bits per heavy atom. The van der Waals surface area contributed by atoms with Crippen LogP contribution in [-0.2, 0) is 0 Å². The quantitative estimate of drug-likeness (QED) is 0.835. The molecule has 0 aliphatic carbocycles. The van der Waals surface area contributed by atoms with Gasteiger partial charge < -0.3 is 10.6 Å². The second-order valence-electron chi connectivity index (χ2n) is 4.31. The number of hydrogen-bond donors (Lipinski definition) is 1. The van der Waals surface area contributed by atoms with E-state index in [0.717, 1.165) is 0 Å². The lowest BCUT2D eigenvalue weighted by Gasteiger charge is -2.26. The molecule has 0 amide bonds. The number of nitrogens with two attached hydrogens (primary N) is 1. The molecule has 106 valence electrons. The van der Waals surface area contributed by atoms with Gasteiger partial charge >= 0.3 is 0 Å². The van der Waals surface area contributed by atoms with Crippen molar-refractivity contribution in [3.8, 4) is 0 Å². The highest BCUT2D eigenvalue weighted by molar-refractivity contribution is 5.69. The fourth-order valence-electron chi connectivity index (χ4n) is 2.13. The van der Waals surface area contributed by atoms with Crippen molar-refractivity contribution in [2.24, 2.45) is 0 Å². The summed E-state index contributed by atoms with van der Waals surface area (Å²) >= 11 is 0. The minimum atomic E-state index is -2.67. The van der Waals surface area contributed by atoms with Crippen LogP contribution in [0.15, 0.2) is 42.5 Å². The average molecular weight is 280 g/mol. The van der Waals surface area contributed by atoms with Gasteiger partial charge in [0.1, 0.15) is 5.82 Å². The normalized spacial score (nSPS) is 10.8. The lowest BCUT2D eigenvalue weighted by atomic mass is 10.1. The van der Waals surface area contributed by atoms with Crippen molar-refractivity contribution < 1.29 is 13.2 Å². The molecule has 0 bridgehead atoms. The molecule has 0 saturated carbocycles. The Kier molecular flexibility index (Phi) is 4.17. The van der Waals surface area contributed by atoms with Crippen molar-refractivity contribution >= 4 is 17.1 Å². The standard InChI is InChI=1S/C15H15F3N2/c1-2-20(14-6-4-3-5-12(14)16)13-8-7-10(19)9-11(13)15(17)18/h3-9,15H,2,19H2,1H3. The zero-order valence-electron chi connectivity index (χ0n) is 11.0. The average Bonchev–Trinajstić information content (AvgIpc) is 2.42. The van der Waals surface area contributed by atoms with E-state index >= 15 is 0 Å². The van der Waals surface area contributed by atoms with Crippen molar-refractivity contribution in [3.05, 3.63) is 53.8 Å². The number of anilines is 3. The molecule has 2 aromatic carbocycles. The topological polar surface area (TPSA) is 29.3 Å². The minimum absolute atomic E-state index is 0.199. The molecule has 0 aliphatic rings. The van der Waals surface area contributed by atoms with E-state index in [0.29, 0.717) is 6.54 Å². The van der Waals surface area contributed by atoms with Gasteiger partial charge in [-0.15, -0.1) is 0 Å². The van der Waals surface area contributed by atoms with Gasteiger partial charge in [-0.05, 0) is 37.3 Å². The first-order valence-electron chi connectivity index (χ1n) is 6.24. The molecule has 2 aromatic rings. The van der Waals surface area contributed by atoms with E-state index in [1.54, 1.807) is 25.1 Å². The van der Waals surface area contributed by atoms with Gasteiger partial charge in [-0.25, -0.2) is 13.2 Å². The fourth-order valence-corrected chi connectivity index (χ4v) is 2.13. The Bertz CT molecular complexity index is 599. The highest BCUT2D eigenvalue weighted by atomic mass is 19.3. The molecule has 20 heavy (non-hydrogen) atoms. The van der Waals surface area contributed by atoms with E-state index in [-0.39, 0.29) is 22.6 Å². The number of rotatable bonds is 4. The van der Waals surface area contributed by atoms with Crippen LogP contribution in [0, 0.1) is 5.82 Å². The van der Waals surface area contributed by atoms with Crippen LogP contribution in [0.5, 0.6) is 0 Å². The first kappa shape index (κ1) is 14.2. The molecule has 0 spiro atoms. The third-order valence-electron chi connectivity index (χ3n) is 3.04. The van der Waals surface area contributed by atoms with E-state index in [9.17, 15) is 13.2 Å². The smallest absolute Gasteiger partial charge is 0.265 e. The second-order valence-corrected chi connectivity index (χ2v) is 4.31. The zero-order chi connectivity index (χ0) is 14.7. The molecule has 0 atom stereocenters. The van der Waals surface area contributed by atoms with Crippen LogP contribution in [0.2, 0.25) is 0 Å². The zero-order valence-corrected chi connectivity index (χ0v) is 11.0. The molecule has 0 aromatic heterocycles. The summed E-state index contributed by atoms with van der Waals surface area (Å²) in [7, 11) is 0. The molecule has 0 radical (unpaired) electrons. The van der Waals surface area contributed by atoms with Gasteiger partial charge in [-0.1, -0.05) is 12.1 Å². The van der Waals surface area contributed by atoms with E-state index in [2.05, 4.69) is 0 Å². The van der Waals surface area contributed by atoms with Crippen molar-refractivity contribution in [2.45, 2.75) is 13.3 Å². The molecule has 0 heterocycles. The van der Waals surface area contributed by atoms with E-state index in [1.807, 2.05) is 0 Å². The molecular weight excluding hydrogens is 265 g/mol. The Morgan fingerprint density at radius 1 is 1.10 bits per heavy atom. The Labute approximate surface area is 115 Å². The summed E-state index contributed by atoms with van der Waals surface area (Å²) in [5.74, 6) is -0.452. The van der Waals surface area contributed by atoms with Crippen LogP contribution >= 0.6 is 0 Å². The number of hydrogen-bond acceptors (Lipinski definition) is 2. The SMILES string of the molecule is CCN(c1ccccc1F)c1ccc(N)cc1C(F)F. The van der Waals surface area contributed by atoms with Crippen LogP contribution in [0.4, 0.5) is 30.2 Å². The summed E-state index contributed by atoms with van der Waals surface area (Å²) in [6, 6.07) is 10.3. The van der Waals surface area contributed by atoms with Crippen LogP contribution in [0.1, 0.15) is 18.9 Å². The Balaban J connectivity index is 2.55. The molecule has 0 unspecified atom stereocenters. The minimum Gasteiger partial charge on any atom is -0.399 e. The largest absolute Gasteiger partial charge is 0.399 e. The summed E-state index contributed by atoms with van der Waals surface area (Å²) in [5.41, 5.74) is 6.14. The maximum absolute atomic E-state index is 13.9. The van der Waals surface area contributed by atoms with E-state index < -0.39 is 12.2 Å². The molecule has 2 rings (SSSR count). The number of benzene rings is 2. The molecule has 0 aliphatic heterocycles. The molecule has 0 saturated heterocycles. The van der Waals surface area contributed by atoms with Gasteiger partial charge in [0.25, 0.3) is 6.43 Å². The third-order valence-corrected chi connectivity index (χ3v) is 3.04. The fraction of sp³-hybridized carbons (Fsp3) is 0.200. The first-order valence-corrected chi connectivity index (χ1v) is 6.24. The van der Waals surface area contributed by atoms with E-state index in [4.69, 9.17) is 5.73 Å². The summed E-state index contributed by atoms with van der Waals surface area (Å²) in [5, 5.41) is 0. The first-order chi connectivity index (χ1) is 9.54. The summed E-state index contributed by atoms with van der Waals surface area (Å²) in [4.78, 5) is 1.51. The number of nitrogens with zero attached hydrogens (tertiary/aromatic N) is 1. The molecular formula is C15H15F3N2. The number of alkyl halides is 2. The Hall–Kier alpha value is -2.17. The second kappa shape index (κ2) is 5.86. The van der Waals surface area contributed by atoms with Gasteiger partial charge in [0.05, 0.1) is 11.4 Å². The van der Waals surface area contributed by atoms with Crippen molar-refractivity contribution in [3.63, 3.8) is 0 Å². The van der Waals surface area contributed by atoms with E-state index in [1.165, 1.54) is 29.2 Å². The van der Waals surface area contributed by atoms with Gasteiger partial charge in [-0.2, -0.15) is 0 Å². The van der Waals surface area contributed by atoms with Gasteiger partial charge in [0.15, 0.2) is 0 Å². The molecule has 5 heteroatoms. The number of halogens is 3. The van der Waals surface area contributed by atoms with Gasteiger partial charge in [-0.3, -0.25) is 0 Å². The van der Waals surface area contributed by atoms with Crippen molar-refractivity contribution in [2.75, 3.05) is 17.2 Å². The van der Waals surface area contributed by atoms with Crippen LogP contribution in [0.25, 0.3) is 0 Å². The summed E-state index contributed by atoms with van der Waals surface area (Å²) < 4.78 is 40.2. The molecule has 2 nitrogen and oxygen atoms in total. The molecule has 0 fully saturated rings.